The second-order valence-corrected chi connectivity index (χ2v) is 7.14. The molecule has 0 N–H and O–H groups in total. The fourth-order valence-corrected chi connectivity index (χ4v) is 5.29. The van der Waals surface area contributed by atoms with E-state index in [-0.39, 0.29) is 11.0 Å². The van der Waals surface area contributed by atoms with Gasteiger partial charge >= 0.3 is 0 Å². The van der Waals surface area contributed by atoms with Crippen molar-refractivity contribution in [3.8, 4) is 0 Å². The molecule has 2 aliphatic heterocycles. The van der Waals surface area contributed by atoms with E-state index in [0.717, 1.165) is 16.7 Å². The van der Waals surface area contributed by atoms with Crippen LogP contribution in [0.1, 0.15) is 10.4 Å². The average molecular weight is 330 g/mol. The number of carbonyl (C=O) groups excluding carboxylic acids is 2. The Morgan fingerprint density at radius 2 is 2.06 bits per heavy atom. The van der Waals surface area contributed by atoms with Crippen LogP contribution < -0.4 is 0 Å². The van der Waals surface area contributed by atoms with Crippen molar-refractivity contribution in [2.24, 2.45) is 0 Å². The number of hydrogen-bond acceptors (Lipinski definition) is 4. The summed E-state index contributed by atoms with van der Waals surface area (Å²) in [4.78, 5) is 27.0. The number of benzene rings is 1. The summed E-state index contributed by atoms with van der Waals surface area (Å²) in [5.41, 5.74) is 0.620. The van der Waals surface area contributed by atoms with E-state index < -0.39 is 4.45 Å². The predicted molar refractivity (Wildman–Crippen MR) is 72.5 cm³/mol. The smallest absolute Gasteiger partial charge is 0.257 e. The van der Waals surface area contributed by atoms with Gasteiger partial charge in [0.25, 0.3) is 5.91 Å². The molecule has 2 aliphatic rings. The minimum absolute atomic E-state index is 0.0131. The first-order chi connectivity index (χ1) is 8.13. The number of thioether (sulfide) groups is 2. The maximum Gasteiger partial charge on any atom is 0.257 e. The number of fused-ring (bicyclic) bond motifs is 2. The minimum atomic E-state index is -0.835. The molecule has 0 spiro atoms. The highest BCUT2D eigenvalue weighted by molar-refractivity contribution is 9.10. The summed E-state index contributed by atoms with van der Waals surface area (Å²) in [5.74, 6) is 1.10. The van der Waals surface area contributed by atoms with E-state index >= 15 is 0 Å². The van der Waals surface area contributed by atoms with Crippen LogP contribution >= 0.6 is 39.5 Å². The normalized spacial score (nSPS) is 27.7. The van der Waals surface area contributed by atoms with Gasteiger partial charge in [-0.3, -0.25) is 9.59 Å². The van der Waals surface area contributed by atoms with E-state index in [2.05, 4.69) is 15.9 Å². The highest BCUT2D eigenvalue weighted by Crippen LogP contribution is 2.45. The SMILES string of the molecule is O=C1c2ccccc2SC(=O)C2(Br)CSCN12. The third-order valence-corrected chi connectivity index (χ3v) is 6.68. The molecule has 0 bridgehead atoms. The Labute approximate surface area is 115 Å². The molecule has 1 amide bonds. The molecule has 1 unspecified atom stereocenters. The van der Waals surface area contributed by atoms with Crippen molar-refractivity contribution in [3.05, 3.63) is 29.8 Å². The molecule has 1 aromatic carbocycles. The zero-order valence-corrected chi connectivity index (χ0v) is 11.9. The largest absolute Gasteiger partial charge is 0.306 e. The second kappa shape index (κ2) is 4.03. The van der Waals surface area contributed by atoms with E-state index in [1.807, 2.05) is 18.2 Å². The summed E-state index contributed by atoms with van der Waals surface area (Å²) in [5, 5.41) is -0.0131. The topological polar surface area (TPSA) is 37.4 Å². The van der Waals surface area contributed by atoms with E-state index in [4.69, 9.17) is 0 Å². The van der Waals surface area contributed by atoms with Gasteiger partial charge < -0.3 is 4.90 Å². The van der Waals surface area contributed by atoms with Crippen LogP contribution in [-0.4, -0.2) is 32.0 Å². The maximum atomic E-state index is 12.4. The third kappa shape index (κ3) is 1.65. The van der Waals surface area contributed by atoms with Crippen LogP contribution in [0, 0.1) is 0 Å². The first-order valence-electron chi connectivity index (χ1n) is 5.03. The van der Waals surface area contributed by atoms with E-state index in [9.17, 15) is 9.59 Å². The quantitative estimate of drug-likeness (QED) is 0.541. The van der Waals surface area contributed by atoms with Crippen molar-refractivity contribution < 1.29 is 9.59 Å². The monoisotopic (exact) mass is 329 g/mol. The summed E-state index contributed by atoms with van der Waals surface area (Å²) in [6.07, 6.45) is 0. The summed E-state index contributed by atoms with van der Waals surface area (Å²) in [6, 6.07) is 7.27. The van der Waals surface area contributed by atoms with Crippen LogP contribution in [0.2, 0.25) is 0 Å². The highest BCUT2D eigenvalue weighted by Gasteiger charge is 2.50. The molecule has 3 rings (SSSR count). The Bertz CT molecular complexity index is 522. The molecule has 88 valence electrons. The Balaban J connectivity index is 2.16. The van der Waals surface area contributed by atoms with Crippen molar-refractivity contribution >= 4 is 50.5 Å². The molecule has 3 nitrogen and oxygen atoms in total. The summed E-state index contributed by atoms with van der Waals surface area (Å²) < 4.78 is -0.835. The van der Waals surface area contributed by atoms with Gasteiger partial charge in [-0.2, -0.15) is 0 Å². The molecule has 1 saturated heterocycles. The van der Waals surface area contributed by atoms with Crippen LogP contribution in [0.4, 0.5) is 0 Å². The van der Waals surface area contributed by atoms with Crippen molar-refractivity contribution in [2.75, 3.05) is 11.6 Å². The lowest BCUT2D eigenvalue weighted by atomic mass is 10.2. The molecule has 0 saturated carbocycles. The molecule has 0 aliphatic carbocycles. The number of carbonyl (C=O) groups is 2. The van der Waals surface area contributed by atoms with Gasteiger partial charge in [-0.25, -0.2) is 0 Å². The molecule has 0 aromatic heterocycles. The Hall–Kier alpha value is -0.460. The fourth-order valence-electron chi connectivity index (χ4n) is 1.90. The molecule has 1 atom stereocenters. The molecule has 17 heavy (non-hydrogen) atoms. The molecule has 0 radical (unpaired) electrons. The van der Waals surface area contributed by atoms with Gasteiger partial charge in [-0.05, 0) is 23.9 Å². The van der Waals surface area contributed by atoms with Crippen molar-refractivity contribution in [1.29, 1.82) is 0 Å². The minimum Gasteiger partial charge on any atom is -0.306 e. The lowest BCUT2D eigenvalue weighted by Crippen LogP contribution is -2.47. The van der Waals surface area contributed by atoms with Crippen LogP contribution in [0.5, 0.6) is 0 Å². The molecule has 6 heteroatoms. The molecule has 1 fully saturated rings. The van der Waals surface area contributed by atoms with E-state index in [1.165, 1.54) is 0 Å². The number of hydrogen-bond donors (Lipinski definition) is 0. The first-order valence-corrected chi connectivity index (χ1v) is 7.79. The number of nitrogens with zero attached hydrogens (tertiary/aromatic N) is 1. The van der Waals surface area contributed by atoms with Crippen molar-refractivity contribution in [1.82, 2.24) is 4.90 Å². The molecular formula is C11H8BrNO2S2. The third-order valence-electron chi connectivity index (χ3n) is 2.82. The zero-order chi connectivity index (χ0) is 12.0. The summed E-state index contributed by atoms with van der Waals surface area (Å²) in [6.45, 7) is 0. The molecular weight excluding hydrogens is 322 g/mol. The van der Waals surface area contributed by atoms with E-state index in [1.54, 1.807) is 22.7 Å². The Morgan fingerprint density at radius 1 is 1.29 bits per heavy atom. The second-order valence-electron chi connectivity index (χ2n) is 3.86. The summed E-state index contributed by atoms with van der Waals surface area (Å²) >= 11 is 6.20. The maximum absolute atomic E-state index is 12.4. The van der Waals surface area contributed by atoms with E-state index in [0.29, 0.717) is 17.2 Å². The highest BCUT2D eigenvalue weighted by atomic mass is 79.9. The number of halogens is 1. The zero-order valence-electron chi connectivity index (χ0n) is 8.68. The average Bonchev–Trinajstić information content (AvgIpc) is 2.69. The predicted octanol–water partition coefficient (Wildman–Crippen LogP) is 2.56. The number of rotatable bonds is 0. The Kier molecular flexibility index (Phi) is 2.76. The first kappa shape index (κ1) is 11.6. The van der Waals surface area contributed by atoms with Gasteiger partial charge in [0.1, 0.15) is 0 Å². The van der Waals surface area contributed by atoms with Gasteiger partial charge in [0.15, 0.2) is 4.45 Å². The van der Waals surface area contributed by atoms with Crippen LogP contribution in [0.3, 0.4) is 0 Å². The molecule has 1 aromatic rings. The van der Waals surface area contributed by atoms with Gasteiger partial charge in [-0.15, -0.1) is 11.8 Å². The van der Waals surface area contributed by atoms with Crippen molar-refractivity contribution in [3.63, 3.8) is 0 Å². The van der Waals surface area contributed by atoms with Gasteiger partial charge in [0.2, 0.25) is 5.12 Å². The fraction of sp³-hybridized carbons (Fsp3) is 0.273. The van der Waals surface area contributed by atoms with Crippen LogP contribution in [-0.2, 0) is 4.79 Å². The van der Waals surface area contributed by atoms with Gasteiger partial charge in [-0.1, -0.05) is 28.1 Å². The van der Waals surface area contributed by atoms with Crippen molar-refractivity contribution in [2.45, 2.75) is 9.34 Å². The number of alkyl halides is 1. The van der Waals surface area contributed by atoms with Crippen LogP contribution in [0.25, 0.3) is 0 Å². The number of amides is 1. The standard InChI is InChI=1S/C11H8BrNO2S2/c12-11-5-16-6-13(11)9(14)7-3-1-2-4-8(7)17-10(11)15/h1-4H,5-6H2. The molecule has 2 heterocycles. The lowest BCUT2D eigenvalue weighted by Gasteiger charge is -2.27. The van der Waals surface area contributed by atoms with Gasteiger partial charge in [0.05, 0.1) is 11.4 Å². The lowest BCUT2D eigenvalue weighted by molar-refractivity contribution is -0.114. The Morgan fingerprint density at radius 3 is 2.88 bits per heavy atom. The van der Waals surface area contributed by atoms with Crippen LogP contribution in [0.15, 0.2) is 29.2 Å². The van der Waals surface area contributed by atoms with Gasteiger partial charge in [0, 0.05) is 10.6 Å². The summed E-state index contributed by atoms with van der Waals surface area (Å²) in [7, 11) is 0.